The first-order chi connectivity index (χ1) is 29.6. The van der Waals surface area contributed by atoms with Crippen LogP contribution in [0.3, 0.4) is 0 Å². The van der Waals surface area contributed by atoms with Crippen LogP contribution in [0.5, 0.6) is 0 Å². The van der Waals surface area contributed by atoms with Gasteiger partial charge in [-0.3, -0.25) is 14.4 Å². The van der Waals surface area contributed by atoms with Crippen LogP contribution >= 0.6 is 0 Å². The zero-order valence-electron chi connectivity index (χ0n) is 34.9. The molecular weight excluding hydrogens is 830 g/mol. The lowest BCUT2D eigenvalue weighted by atomic mass is 9.88. The molecule has 62 heavy (non-hydrogen) atoms. The summed E-state index contributed by atoms with van der Waals surface area (Å²) in [6.07, 6.45) is -1.97. The highest BCUT2D eigenvalue weighted by Crippen LogP contribution is 2.53. The van der Waals surface area contributed by atoms with Gasteiger partial charge < -0.3 is 28.8 Å². The predicted molar refractivity (Wildman–Crippen MR) is 210 cm³/mol. The van der Waals surface area contributed by atoms with Crippen LogP contribution in [0.4, 0.5) is 26.3 Å². The molecule has 1 N–H and O–H groups in total. The Morgan fingerprint density at radius 2 is 0.871 bits per heavy atom. The van der Waals surface area contributed by atoms with Crippen molar-refractivity contribution in [3.05, 3.63) is 70.8 Å². The average molecular weight is 887 g/mol. The molecule has 19 heteroatoms. The lowest BCUT2D eigenvalue weighted by Gasteiger charge is -2.31. The van der Waals surface area contributed by atoms with Crippen molar-refractivity contribution in [2.75, 3.05) is 39.6 Å². The Hall–Kier alpha value is -4.49. The fraction of sp³-hybridized carbons (Fsp3) is 0.651. The minimum absolute atomic E-state index is 0.0496. The first-order valence-corrected chi connectivity index (χ1v) is 21.0. The number of rotatable bonds is 31. The van der Waals surface area contributed by atoms with Crippen LogP contribution in [0.25, 0.3) is 0 Å². The predicted octanol–water partition coefficient (Wildman–Crippen LogP) is 9.87. The summed E-state index contributed by atoms with van der Waals surface area (Å²) in [5.74, 6) is -1.35. The van der Waals surface area contributed by atoms with Crippen LogP contribution in [-0.2, 0) is 62.6 Å². The molecular formula is C43H56F6N4O9. The summed E-state index contributed by atoms with van der Waals surface area (Å²) in [6, 6.07) is 11.5. The summed E-state index contributed by atoms with van der Waals surface area (Å²) >= 11 is 0. The van der Waals surface area contributed by atoms with Crippen molar-refractivity contribution in [3.63, 3.8) is 0 Å². The van der Waals surface area contributed by atoms with Gasteiger partial charge in [0.15, 0.2) is 0 Å². The molecule has 0 aromatic heterocycles. The van der Waals surface area contributed by atoms with E-state index in [2.05, 4.69) is 20.5 Å². The maximum absolute atomic E-state index is 13.2. The molecule has 0 atom stereocenters. The van der Waals surface area contributed by atoms with Gasteiger partial charge in [0.2, 0.25) is 0 Å². The highest BCUT2D eigenvalue weighted by molar-refractivity contribution is 5.70. The molecule has 2 aromatic rings. The monoisotopic (exact) mass is 886 g/mol. The van der Waals surface area contributed by atoms with E-state index in [9.17, 15) is 40.7 Å². The Morgan fingerprint density at radius 1 is 0.532 bits per heavy atom. The SMILES string of the molecule is CCC(COC(=O)CCCCCCO)(COC(=O)CCCCCOCc1ccc(C2(C(F)(F)F)N=N2)cc1)COC(=O)CCCCCOCc1ccc(C2(C(F)(F)F)N=N2)cc1. The van der Waals surface area contributed by atoms with Gasteiger partial charge in [-0.05, 0) is 56.1 Å². The third kappa shape index (κ3) is 15.4. The van der Waals surface area contributed by atoms with Gasteiger partial charge in [-0.25, -0.2) is 0 Å². The van der Waals surface area contributed by atoms with Gasteiger partial charge in [0.25, 0.3) is 0 Å². The molecule has 0 saturated carbocycles. The summed E-state index contributed by atoms with van der Waals surface area (Å²) in [5, 5.41) is 21.8. The molecule has 2 aliphatic heterocycles. The van der Waals surface area contributed by atoms with Crippen LogP contribution < -0.4 is 0 Å². The van der Waals surface area contributed by atoms with E-state index in [0.29, 0.717) is 82.1 Å². The fourth-order valence-electron chi connectivity index (χ4n) is 6.32. The van der Waals surface area contributed by atoms with Crippen molar-refractivity contribution in [2.45, 2.75) is 134 Å². The zero-order chi connectivity index (χ0) is 45.1. The highest BCUT2D eigenvalue weighted by atomic mass is 19.4. The number of halogens is 6. The maximum Gasteiger partial charge on any atom is 0.442 e. The minimum Gasteiger partial charge on any atom is -0.465 e. The number of benzene rings is 2. The number of nitrogens with zero attached hydrogens (tertiary/aromatic N) is 4. The van der Waals surface area contributed by atoms with E-state index in [1.807, 2.05) is 6.92 Å². The Bertz CT molecular complexity index is 1650. The van der Waals surface area contributed by atoms with E-state index in [1.165, 1.54) is 24.3 Å². The van der Waals surface area contributed by atoms with Crippen molar-refractivity contribution in [2.24, 2.45) is 25.9 Å². The minimum atomic E-state index is -4.59. The maximum atomic E-state index is 13.2. The van der Waals surface area contributed by atoms with Crippen molar-refractivity contribution in [1.29, 1.82) is 0 Å². The second kappa shape index (κ2) is 23.8. The fourth-order valence-corrected chi connectivity index (χ4v) is 6.32. The van der Waals surface area contributed by atoms with Gasteiger partial charge >= 0.3 is 41.6 Å². The zero-order valence-corrected chi connectivity index (χ0v) is 34.9. The molecule has 0 fully saturated rings. The third-order valence-corrected chi connectivity index (χ3v) is 10.6. The number of alkyl halides is 6. The van der Waals surface area contributed by atoms with Crippen molar-refractivity contribution in [1.82, 2.24) is 0 Å². The quantitative estimate of drug-likeness (QED) is 0.0336. The van der Waals surface area contributed by atoms with E-state index in [0.717, 1.165) is 12.8 Å². The standard InChI is InChI=1S/C43H56F6N4O9/c1-2-39(29-60-36(55)13-7-3-4-10-24-54,30-61-37(56)14-8-5-11-25-58-27-32-16-20-34(21-17-32)40(50-51-40)42(44,45)46)31-62-38(57)15-9-6-12-26-59-28-33-18-22-35(23-19-33)41(52-53-41)43(47,48)49/h16-23,54H,2-15,24-31H2,1H3. The molecule has 0 bridgehead atoms. The van der Waals surface area contributed by atoms with Crippen molar-refractivity contribution >= 4 is 17.9 Å². The summed E-state index contributed by atoms with van der Waals surface area (Å²) < 4.78 is 107. The topological polar surface area (TPSA) is 167 Å². The number of aliphatic hydroxyl groups is 1. The van der Waals surface area contributed by atoms with Crippen LogP contribution in [0.15, 0.2) is 69.0 Å². The number of aliphatic hydroxyl groups excluding tert-OH is 1. The van der Waals surface area contributed by atoms with Gasteiger partial charge in [-0.2, -0.15) is 26.3 Å². The molecule has 2 heterocycles. The molecule has 344 valence electrons. The smallest absolute Gasteiger partial charge is 0.442 e. The summed E-state index contributed by atoms with van der Waals surface area (Å²) in [6.45, 7) is 2.68. The Kier molecular flexibility index (Phi) is 19.3. The van der Waals surface area contributed by atoms with Crippen LogP contribution in [-0.4, -0.2) is 75.0 Å². The third-order valence-electron chi connectivity index (χ3n) is 10.6. The first kappa shape index (κ1) is 50.2. The summed E-state index contributed by atoms with van der Waals surface area (Å²) in [5.41, 5.74) is -4.60. The molecule has 2 aromatic carbocycles. The lowest BCUT2D eigenvalue weighted by molar-refractivity contribution is -0.166. The number of ether oxygens (including phenoxy) is 5. The van der Waals surface area contributed by atoms with Gasteiger partial charge in [0.05, 0.1) is 18.6 Å². The molecule has 0 aliphatic carbocycles. The second-order valence-corrected chi connectivity index (χ2v) is 15.6. The summed E-state index contributed by atoms with van der Waals surface area (Å²) in [4.78, 5) is 38.0. The van der Waals surface area contributed by atoms with Crippen LogP contribution in [0, 0.1) is 5.41 Å². The number of carbonyl (C=O) groups is 3. The largest absolute Gasteiger partial charge is 0.465 e. The van der Waals surface area contributed by atoms with Crippen LogP contribution in [0.1, 0.15) is 119 Å². The van der Waals surface area contributed by atoms with E-state index in [-0.39, 0.29) is 70.0 Å². The molecule has 4 rings (SSSR count). The van der Waals surface area contributed by atoms with E-state index in [4.69, 9.17) is 28.8 Å². The van der Waals surface area contributed by atoms with Crippen LogP contribution in [0.2, 0.25) is 0 Å². The molecule has 0 radical (unpaired) electrons. The van der Waals surface area contributed by atoms with Gasteiger partial charge in [-0.1, -0.05) is 81.1 Å². The van der Waals surface area contributed by atoms with Gasteiger partial charge in [-0.15, -0.1) is 20.5 Å². The first-order valence-electron chi connectivity index (χ1n) is 21.0. The average Bonchev–Trinajstić information content (AvgIpc) is 4.18. The Balaban J connectivity index is 1.12. The molecule has 0 spiro atoms. The molecule has 0 amide bonds. The van der Waals surface area contributed by atoms with Crippen molar-refractivity contribution in [3.8, 4) is 0 Å². The number of carbonyl (C=O) groups excluding carboxylic acids is 3. The number of esters is 3. The molecule has 0 unspecified atom stereocenters. The molecule has 2 aliphatic rings. The summed E-state index contributed by atoms with van der Waals surface area (Å²) in [7, 11) is 0. The number of hydrogen-bond donors (Lipinski definition) is 1. The van der Waals surface area contributed by atoms with E-state index in [1.54, 1.807) is 24.3 Å². The van der Waals surface area contributed by atoms with E-state index >= 15 is 0 Å². The van der Waals surface area contributed by atoms with E-state index < -0.39 is 47.0 Å². The number of hydrogen-bond acceptors (Lipinski definition) is 13. The lowest BCUT2D eigenvalue weighted by Crippen LogP contribution is -2.39. The Labute approximate surface area is 357 Å². The Morgan fingerprint density at radius 3 is 1.18 bits per heavy atom. The molecule has 0 saturated heterocycles. The normalized spacial score (nSPS) is 15.0. The number of unbranched alkanes of at least 4 members (excludes halogenated alkanes) is 7. The van der Waals surface area contributed by atoms with Crippen molar-refractivity contribution < 1.29 is 69.5 Å². The van der Waals surface area contributed by atoms with Gasteiger partial charge in [0.1, 0.15) is 19.8 Å². The molecule has 13 nitrogen and oxygen atoms in total. The highest BCUT2D eigenvalue weighted by Gasteiger charge is 2.66. The second-order valence-electron chi connectivity index (χ2n) is 15.6. The van der Waals surface area contributed by atoms with Gasteiger partial charge in [0, 0.05) is 50.2 Å².